The first-order chi connectivity index (χ1) is 18.1. The van der Waals surface area contributed by atoms with Crippen LogP contribution in [0.5, 0.6) is 11.5 Å². The van der Waals surface area contributed by atoms with Crippen LogP contribution in [-0.2, 0) is 24.4 Å². The van der Waals surface area contributed by atoms with Gasteiger partial charge in [-0.15, -0.1) is 0 Å². The Kier molecular flexibility index (Phi) is 6.58. The van der Waals surface area contributed by atoms with Crippen LogP contribution < -0.4 is 14.8 Å². The number of para-hydroxylation sites is 1. The molecule has 3 heterocycles. The lowest BCUT2D eigenvalue weighted by atomic mass is 9.95. The molecule has 0 radical (unpaired) electrons. The topological polar surface area (TPSA) is 55.7 Å². The van der Waals surface area contributed by atoms with E-state index in [0.717, 1.165) is 56.1 Å². The molecule has 0 bridgehead atoms. The molecule has 1 amide bonds. The Labute approximate surface area is 217 Å². The first kappa shape index (κ1) is 23.6. The molecule has 6 nitrogen and oxygen atoms in total. The number of carbonyl (C=O) groups excluding carboxylic acids is 1. The molecule has 0 spiro atoms. The Balaban J connectivity index is 1.08. The molecule has 6 rings (SSSR count). The number of benzene rings is 3. The minimum Gasteiger partial charge on any atom is -0.454 e. The van der Waals surface area contributed by atoms with Gasteiger partial charge >= 0.3 is 0 Å². The zero-order valence-electron chi connectivity index (χ0n) is 21.3. The highest BCUT2D eigenvalue weighted by molar-refractivity contribution is 5.81. The summed E-state index contributed by atoms with van der Waals surface area (Å²) in [5.41, 5.74) is 6.30. The third-order valence-corrected chi connectivity index (χ3v) is 7.73. The van der Waals surface area contributed by atoms with Crippen LogP contribution in [-0.4, -0.2) is 35.3 Å². The van der Waals surface area contributed by atoms with Crippen LogP contribution in [0, 0.1) is 12.8 Å². The lowest BCUT2D eigenvalue weighted by Gasteiger charge is -2.31. The van der Waals surface area contributed by atoms with Crippen LogP contribution in [0.2, 0.25) is 0 Å². The first-order valence-corrected chi connectivity index (χ1v) is 13.1. The number of nitrogens with one attached hydrogen (secondary N) is 1. The Morgan fingerprint density at radius 3 is 2.57 bits per heavy atom. The van der Waals surface area contributed by atoms with Gasteiger partial charge in [-0.2, -0.15) is 0 Å². The third-order valence-electron chi connectivity index (χ3n) is 7.73. The lowest BCUT2D eigenvalue weighted by Crippen LogP contribution is -2.40. The van der Waals surface area contributed by atoms with Crippen LogP contribution in [0.25, 0.3) is 10.9 Å². The second-order valence-corrected chi connectivity index (χ2v) is 10.2. The maximum absolute atomic E-state index is 12.9. The number of rotatable bonds is 7. The number of amides is 1. The number of aryl methyl sites for hydroxylation is 1. The van der Waals surface area contributed by atoms with Crippen molar-refractivity contribution in [3.8, 4) is 11.5 Å². The zero-order chi connectivity index (χ0) is 25.2. The van der Waals surface area contributed by atoms with Gasteiger partial charge in [0, 0.05) is 36.8 Å². The van der Waals surface area contributed by atoms with E-state index in [1.807, 2.05) is 18.2 Å². The highest BCUT2D eigenvalue weighted by Crippen LogP contribution is 2.32. The number of piperidine rings is 1. The Morgan fingerprint density at radius 1 is 0.919 bits per heavy atom. The standard InChI is InChI=1S/C31H33N3O3/c1-22-6-2-3-8-26(22)19-34-27(17-25-7-4-5-9-28(25)34)20-33-14-12-24(13-15-33)31(35)32-18-23-10-11-29-30(16-23)37-21-36-29/h2-11,16-17,24H,12-15,18-21H2,1H3,(H,32,35). The molecule has 2 aliphatic rings. The van der Waals surface area contributed by atoms with E-state index < -0.39 is 0 Å². The highest BCUT2D eigenvalue weighted by Gasteiger charge is 2.26. The summed E-state index contributed by atoms with van der Waals surface area (Å²) >= 11 is 0. The van der Waals surface area contributed by atoms with Gasteiger partial charge in [0.1, 0.15) is 0 Å². The summed E-state index contributed by atoms with van der Waals surface area (Å²) < 4.78 is 13.3. The van der Waals surface area contributed by atoms with Gasteiger partial charge < -0.3 is 19.4 Å². The number of nitrogens with zero attached hydrogens (tertiary/aromatic N) is 2. The molecule has 1 fully saturated rings. The van der Waals surface area contributed by atoms with Gasteiger partial charge in [-0.05, 0) is 79.2 Å². The van der Waals surface area contributed by atoms with Crippen molar-refractivity contribution in [2.45, 2.75) is 39.4 Å². The number of ether oxygens (including phenoxy) is 2. The second-order valence-electron chi connectivity index (χ2n) is 10.2. The van der Waals surface area contributed by atoms with E-state index in [1.165, 1.54) is 27.7 Å². The van der Waals surface area contributed by atoms with Gasteiger partial charge in [0.05, 0.1) is 0 Å². The number of fused-ring (bicyclic) bond motifs is 2. The van der Waals surface area contributed by atoms with Gasteiger partial charge in [-0.25, -0.2) is 0 Å². The summed E-state index contributed by atoms with van der Waals surface area (Å²) in [5.74, 6) is 1.72. The predicted molar refractivity (Wildman–Crippen MR) is 145 cm³/mol. The summed E-state index contributed by atoms with van der Waals surface area (Å²) in [7, 11) is 0. The summed E-state index contributed by atoms with van der Waals surface area (Å²) in [6.45, 7) is 6.57. The molecule has 37 heavy (non-hydrogen) atoms. The minimum atomic E-state index is 0.0584. The molecule has 0 atom stereocenters. The fraction of sp³-hybridized carbons (Fsp3) is 0.323. The van der Waals surface area contributed by atoms with Crippen LogP contribution in [0.4, 0.5) is 0 Å². The minimum absolute atomic E-state index is 0.0584. The second kappa shape index (κ2) is 10.3. The van der Waals surface area contributed by atoms with Crippen molar-refractivity contribution in [2.75, 3.05) is 19.9 Å². The first-order valence-electron chi connectivity index (χ1n) is 13.1. The molecular weight excluding hydrogens is 462 g/mol. The number of hydrogen-bond acceptors (Lipinski definition) is 4. The smallest absolute Gasteiger partial charge is 0.231 e. The monoisotopic (exact) mass is 495 g/mol. The molecule has 6 heteroatoms. The van der Waals surface area contributed by atoms with Crippen molar-refractivity contribution >= 4 is 16.8 Å². The van der Waals surface area contributed by atoms with Gasteiger partial charge in [-0.1, -0.05) is 48.5 Å². The normalized spacial score (nSPS) is 15.8. The number of likely N-dealkylation sites (tertiary alicyclic amines) is 1. The lowest BCUT2D eigenvalue weighted by molar-refractivity contribution is -0.126. The van der Waals surface area contributed by atoms with Crippen LogP contribution in [0.3, 0.4) is 0 Å². The quantitative estimate of drug-likeness (QED) is 0.380. The van der Waals surface area contributed by atoms with Crippen molar-refractivity contribution in [2.24, 2.45) is 5.92 Å². The summed E-state index contributed by atoms with van der Waals surface area (Å²) in [5, 5.41) is 4.41. The molecule has 1 aromatic heterocycles. The Bertz CT molecular complexity index is 1420. The van der Waals surface area contributed by atoms with E-state index >= 15 is 0 Å². The van der Waals surface area contributed by atoms with Gasteiger partial charge in [-0.3, -0.25) is 9.69 Å². The van der Waals surface area contributed by atoms with Gasteiger partial charge in [0.15, 0.2) is 11.5 Å². The third kappa shape index (κ3) is 5.07. The van der Waals surface area contributed by atoms with Crippen LogP contribution in [0.15, 0.2) is 72.8 Å². The molecule has 0 saturated carbocycles. The molecule has 1 N–H and O–H groups in total. The molecular formula is C31H33N3O3. The zero-order valence-corrected chi connectivity index (χ0v) is 21.3. The number of hydrogen-bond donors (Lipinski definition) is 1. The average molecular weight is 496 g/mol. The molecule has 4 aromatic rings. The fourth-order valence-electron chi connectivity index (χ4n) is 5.51. The fourth-order valence-corrected chi connectivity index (χ4v) is 5.51. The largest absolute Gasteiger partial charge is 0.454 e. The predicted octanol–water partition coefficient (Wildman–Crippen LogP) is 5.26. The maximum Gasteiger partial charge on any atom is 0.231 e. The van der Waals surface area contributed by atoms with Crippen molar-refractivity contribution in [1.29, 1.82) is 0 Å². The molecule has 1 saturated heterocycles. The van der Waals surface area contributed by atoms with E-state index in [0.29, 0.717) is 6.54 Å². The molecule has 0 unspecified atom stereocenters. The van der Waals surface area contributed by atoms with Crippen molar-refractivity contribution < 1.29 is 14.3 Å². The summed E-state index contributed by atoms with van der Waals surface area (Å²) in [4.78, 5) is 15.4. The van der Waals surface area contributed by atoms with Crippen molar-refractivity contribution in [1.82, 2.24) is 14.8 Å². The van der Waals surface area contributed by atoms with E-state index in [9.17, 15) is 4.79 Å². The molecule has 3 aromatic carbocycles. The van der Waals surface area contributed by atoms with Gasteiger partial charge in [0.25, 0.3) is 0 Å². The molecule has 0 aliphatic carbocycles. The van der Waals surface area contributed by atoms with Crippen molar-refractivity contribution in [3.05, 3.63) is 95.2 Å². The molecule has 190 valence electrons. The van der Waals surface area contributed by atoms with E-state index in [1.54, 1.807) is 0 Å². The van der Waals surface area contributed by atoms with Gasteiger partial charge in [0.2, 0.25) is 12.7 Å². The van der Waals surface area contributed by atoms with E-state index in [4.69, 9.17) is 9.47 Å². The van der Waals surface area contributed by atoms with Crippen molar-refractivity contribution in [3.63, 3.8) is 0 Å². The summed E-state index contributed by atoms with van der Waals surface area (Å²) in [6.07, 6.45) is 1.76. The number of carbonyl (C=O) groups is 1. The SMILES string of the molecule is Cc1ccccc1Cn1c(CN2CCC(C(=O)NCc3ccc4c(c3)OCO4)CC2)cc2ccccc21. The Hall–Kier alpha value is -3.77. The highest BCUT2D eigenvalue weighted by atomic mass is 16.7. The van der Waals surface area contributed by atoms with Crippen LogP contribution >= 0.6 is 0 Å². The number of aromatic nitrogens is 1. The Morgan fingerprint density at radius 2 is 1.70 bits per heavy atom. The molecule has 2 aliphatic heterocycles. The average Bonchev–Trinajstić information content (AvgIpc) is 3.53. The maximum atomic E-state index is 12.9. The van der Waals surface area contributed by atoms with E-state index in [2.05, 4.69) is 76.3 Å². The van der Waals surface area contributed by atoms with Crippen LogP contribution in [0.1, 0.15) is 35.2 Å². The van der Waals surface area contributed by atoms with E-state index in [-0.39, 0.29) is 18.6 Å². The summed E-state index contributed by atoms with van der Waals surface area (Å²) in [6, 6.07) is 25.4.